The number of nitrogens with zero attached hydrogens (tertiary/aromatic N) is 1. The van der Waals surface area contributed by atoms with Crippen molar-refractivity contribution in [1.82, 2.24) is 0 Å². The van der Waals surface area contributed by atoms with Crippen molar-refractivity contribution in [2.24, 2.45) is 0 Å². The lowest BCUT2D eigenvalue weighted by atomic mass is 9.98. The maximum atomic E-state index is 12.2. The molecule has 20 heavy (non-hydrogen) atoms. The fraction of sp³-hybridized carbons (Fsp3) is 0.500. The standard InChI is InChI=1S/C8H5F3N2.C6H12O/c9-8(10,11)7-3-6(13)2-1-5(7)4-12;7-6-4-2-1-3-5-6/h1-3H,13H2;6-7H,1-5H2. The van der Waals surface area contributed by atoms with E-state index in [1.54, 1.807) is 0 Å². The molecule has 1 aromatic rings. The normalized spacial score (nSPS) is 15.9. The number of nitriles is 1. The minimum Gasteiger partial charge on any atom is -0.399 e. The summed E-state index contributed by atoms with van der Waals surface area (Å²) < 4.78 is 36.6. The van der Waals surface area contributed by atoms with Crippen molar-refractivity contribution in [1.29, 1.82) is 5.26 Å². The molecule has 0 heterocycles. The molecule has 1 aliphatic rings. The van der Waals surface area contributed by atoms with Crippen LogP contribution in [0.5, 0.6) is 0 Å². The maximum absolute atomic E-state index is 12.2. The van der Waals surface area contributed by atoms with Crippen LogP contribution < -0.4 is 5.73 Å². The molecule has 3 nitrogen and oxygen atoms in total. The minimum atomic E-state index is -4.53. The number of aliphatic hydroxyl groups is 1. The Morgan fingerprint density at radius 3 is 2.20 bits per heavy atom. The second-order valence-corrected chi connectivity index (χ2v) is 4.71. The molecule has 0 spiro atoms. The number of anilines is 1. The van der Waals surface area contributed by atoms with Gasteiger partial charge in [0.05, 0.1) is 23.3 Å². The number of hydrogen-bond acceptors (Lipinski definition) is 3. The highest BCUT2D eigenvalue weighted by Crippen LogP contribution is 2.32. The van der Waals surface area contributed by atoms with Gasteiger partial charge in [-0.3, -0.25) is 0 Å². The van der Waals surface area contributed by atoms with Crippen molar-refractivity contribution in [2.75, 3.05) is 5.73 Å². The SMILES string of the molecule is N#Cc1ccc(N)cc1C(F)(F)F.OC1CCCCC1. The lowest BCUT2D eigenvalue weighted by molar-refractivity contribution is -0.137. The fourth-order valence-electron chi connectivity index (χ4n) is 1.97. The van der Waals surface area contributed by atoms with E-state index in [0.29, 0.717) is 0 Å². The molecule has 6 heteroatoms. The number of alkyl halides is 3. The zero-order valence-electron chi connectivity index (χ0n) is 11.0. The van der Waals surface area contributed by atoms with Crippen LogP contribution >= 0.6 is 0 Å². The third-order valence-corrected chi connectivity index (χ3v) is 3.04. The quantitative estimate of drug-likeness (QED) is 0.717. The molecule has 0 aliphatic heterocycles. The van der Waals surface area contributed by atoms with E-state index in [1.165, 1.54) is 31.4 Å². The summed E-state index contributed by atoms with van der Waals surface area (Å²) in [6.45, 7) is 0. The van der Waals surface area contributed by atoms with Gasteiger partial charge < -0.3 is 10.8 Å². The van der Waals surface area contributed by atoms with Gasteiger partial charge in [-0.15, -0.1) is 0 Å². The first kappa shape index (κ1) is 16.3. The molecule has 0 aromatic heterocycles. The first-order valence-electron chi connectivity index (χ1n) is 6.39. The largest absolute Gasteiger partial charge is 0.417 e. The van der Waals surface area contributed by atoms with E-state index in [1.807, 2.05) is 0 Å². The van der Waals surface area contributed by atoms with Crippen molar-refractivity contribution in [3.8, 4) is 6.07 Å². The van der Waals surface area contributed by atoms with E-state index >= 15 is 0 Å². The Hall–Kier alpha value is -1.74. The van der Waals surface area contributed by atoms with Gasteiger partial charge in [-0.1, -0.05) is 19.3 Å². The van der Waals surface area contributed by atoms with E-state index in [4.69, 9.17) is 16.1 Å². The number of nitrogens with two attached hydrogens (primary N) is 1. The lowest BCUT2D eigenvalue weighted by Gasteiger charge is -2.14. The fourth-order valence-corrected chi connectivity index (χ4v) is 1.97. The second-order valence-electron chi connectivity index (χ2n) is 4.71. The highest BCUT2D eigenvalue weighted by atomic mass is 19.4. The van der Waals surface area contributed by atoms with Gasteiger partial charge in [0.2, 0.25) is 0 Å². The molecule has 0 saturated heterocycles. The molecule has 1 saturated carbocycles. The summed E-state index contributed by atoms with van der Waals surface area (Å²) >= 11 is 0. The van der Waals surface area contributed by atoms with Gasteiger partial charge in [0.15, 0.2) is 0 Å². The Morgan fingerprint density at radius 2 is 1.80 bits per heavy atom. The average Bonchev–Trinajstić information content (AvgIpc) is 2.39. The molecule has 1 aromatic carbocycles. The van der Waals surface area contributed by atoms with Gasteiger partial charge in [-0.05, 0) is 31.0 Å². The molecule has 0 amide bonds. The topological polar surface area (TPSA) is 70.0 Å². The van der Waals surface area contributed by atoms with E-state index in [2.05, 4.69) is 0 Å². The summed E-state index contributed by atoms with van der Waals surface area (Å²) in [5.41, 5.74) is 3.76. The molecular weight excluding hydrogens is 269 g/mol. The van der Waals surface area contributed by atoms with Crippen molar-refractivity contribution < 1.29 is 18.3 Å². The zero-order valence-corrected chi connectivity index (χ0v) is 11.0. The summed E-state index contributed by atoms with van der Waals surface area (Å²) in [5.74, 6) is 0. The van der Waals surface area contributed by atoms with E-state index < -0.39 is 17.3 Å². The van der Waals surface area contributed by atoms with E-state index in [-0.39, 0.29) is 11.8 Å². The Morgan fingerprint density at radius 1 is 1.20 bits per heavy atom. The van der Waals surface area contributed by atoms with Crippen molar-refractivity contribution in [3.63, 3.8) is 0 Å². The number of rotatable bonds is 0. The summed E-state index contributed by atoms with van der Waals surface area (Å²) in [6, 6.07) is 4.51. The molecule has 2 rings (SSSR count). The lowest BCUT2D eigenvalue weighted by Crippen LogP contribution is -2.09. The smallest absolute Gasteiger partial charge is 0.399 e. The van der Waals surface area contributed by atoms with Crippen LogP contribution in [0.4, 0.5) is 18.9 Å². The molecule has 1 aliphatic carbocycles. The highest BCUT2D eigenvalue weighted by Gasteiger charge is 2.33. The Balaban J connectivity index is 0.000000240. The zero-order chi connectivity index (χ0) is 15.2. The number of aliphatic hydroxyl groups excluding tert-OH is 1. The van der Waals surface area contributed by atoms with Gasteiger partial charge in [0.25, 0.3) is 0 Å². The third kappa shape index (κ3) is 5.10. The van der Waals surface area contributed by atoms with E-state index in [0.717, 1.165) is 25.0 Å². The summed E-state index contributed by atoms with van der Waals surface area (Å²) in [4.78, 5) is 0. The van der Waals surface area contributed by atoms with Gasteiger partial charge in [-0.25, -0.2) is 0 Å². The van der Waals surface area contributed by atoms with E-state index in [9.17, 15) is 13.2 Å². The molecule has 0 radical (unpaired) electrons. The Labute approximate surface area is 115 Å². The first-order chi connectivity index (χ1) is 9.34. The third-order valence-electron chi connectivity index (χ3n) is 3.04. The predicted octanol–water partition coefficient (Wildman–Crippen LogP) is 3.47. The number of hydrogen-bond donors (Lipinski definition) is 2. The van der Waals surface area contributed by atoms with Crippen LogP contribution in [0.1, 0.15) is 43.2 Å². The molecule has 3 N–H and O–H groups in total. The number of benzene rings is 1. The molecule has 1 fully saturated rings. The van der Waals surface area contributed by atoms with Crippen LogP contribution in [0.25, 0.3) is 0 Å². The molecule has 0 bridgehead atoms. The van der Waals surface area contributed by atoms with Crippen LogP contribution in [-0.4, -0.2) is 11.2 Å². The van der Waals surface area contributed by atoms with Crippen LogP contribution in [0.15, 0.2) is 18.2 Å². The van der Waals surface area contributed by atoms with Gasteiger partial charge in [0.1, 0.15) is 0 Å². The highest BCUT2D eigenvalue weighted by molar-refractivity contribution is 5.50. The van der Waals surface area contributed by atoms with Crippen LogP contribution in [-0.2, 0) is 6.18 Å². The number of halogens is 3. The summed E-state index contributed by atoms with van der Waals surface area (Å²) in [5, 5.41) is 17.3. The Bertz CT molecular complexity index is 474. The first-order valence-corrected chi connectivity index (χ1v) is 6.39. The Kier molecular flexibility index (Phi) is 5.83. The van der Waals surface area contributed by atoms with Gasteiger partial charge >= 0.3 is 6.18 Å². The minimum absolute atomic E-state index is 0.00803. The predicted molar refractivity (Wildman–Crippen MR) is 69.7 cm³/mol. The van der Waals surface area contributed by atoms with Crippen LogP contribution in [0, 0.1) is 11.3 Å². The van der Waals surface area contributed by atoms with Gasteiger partial charge in [0, 0.05) is 5.69 Å². The number of nitrogen functional groups attached to an aromatic ring is 1. The summed E-state index contributed by atoms with van der Waals surface area (Å²) in [7, 11) is 0. The van der Waals surface area contributed by atoms with Crippen molar-refractivity contribution in [2.45, 2.75) is 44.4 Å². The molecule has 0 atom stereocenters. The van der Waals surface area contributed by atoms with Crippen molar-refractivity contribution >= 4 is 5.69 Å². The molecule has 110 valence electrons. The average molecular weight is 286 g/mol. The summed E-state index contributed by atoms with van der Waals surface area (Å²) in [6.07, 6.45) is 1.40. The van der Waals surface area contributed by atoms with Crippen molar-refractivity contribution in [3.05, 3.63) is 29.3 Å². The van der Waals surface area contributed by atoms with Crippen LogP contribution in [0.3, 0.4) is 0 Å². The second kappa shape index (κ2) is 7.15. The molecule has 0 unspecified atom stereocenters. The molecular formula is C14H17F3N2O. The van der Waals surface area contributed by atoms with Gasteiger partial charge in [-0.2, -0.15) is 18.4 Å². The monoisotopic (exact) mass is 286 g/mol. The van der Waals surface area contributed by atoms with Crippen LogP contribution in [0.2, 0.25) is 0 Å². The maximum Gasteiger partial charge on any atom is 0.417 e.